The molecule has 24 heavy (non-hydrogen) atoms. The van der Waals surface area contributed by atoms with Crippen LogP contribution in [0, 0.1) is 0 Å². The summed E-state index contributed by atoms with van der Waals surface area (Å²) in [7, 11) is 0. The standard InChI is InChI=1S/C20H16N2O2/c1-2-6-16(7-3-1)15-23-17-9-11-18(12-10-17)24-20-14-22-13-5-4-8-19(22)21-20/h1-14H,15H2. The molecule has 0 saturated carbocycles. The number of benzene rings is 2. The van der Waals surface area contributed by atoms with Crippen LogP contribution in [0.5, 0.6) is 17.4 Å². The fraction of sp³-hybridized carbons (Fsp3) is 0.0500. The molecule has 2 aromatic carbocycles. The largest absolute Gasteiger partial charge is 0.489 e. The van der Waals surface area contributed by atoms with Crippen LogP contribution in [-0.2, 0) is 6.61 Å². The number of imidazole rings is 1. The molecule has 0 fully saturated rings. The maximum atomic E-state index is 5.79. The molecule has 0 aliphatic carbocycles. The smallest absolute Gasteiger partial charge is 0.238 e. The van der Waals surface area contributed by atoms with Crippen LogP contribution in [0.3, 0.4) is 0 Å². The predicted molar refractivity (Wildman–Crippen MR) is 92.5 cm³/mol. The average molecular weight is 316 g/mol. The van der Waals surface area contributed by atoms with E-state index in [0.717, 1.165) is 22.7 Å². The normalized spacial score (nSPS) is 10.7. The molecule has 0 spiro atoms. The second kappa shape index (κ2) is 6.46. The minimum Gasteiger partial charge on any atom is -0.489 e. The Bertz CT molecular complexity index is 898. The lowest BCUT2D eigenvalue weighted by molar-refractivity contribution is 0.305. The second-order valence-corrected chi connectivity index (χ2v) is 5.39. The summed E-state index contributed by atoms with van der Waals surface area (Å²) in [6.45, 7) is 0.549. The summed E-state index contributed by atoms with van der Waals surface area (Å²) in [5, 5.41) is 0. The van der Waals surface area contributed by atoms with Crippen LogP contribution in [0.1, 0.15) is 5.56 Å². The first kappa shape index (κ1) is 14.3. The van der Waals surface area contributed by atoms with Crippen LogP contribution in [0.2, 0.25) is 0 Å². The Hall–Kier alpha value is -3.27. The highest BCUT2D eigenvalue weighted by molar-refractivity contribution is 5.42. The highest BCUT2D eigenvalue weighted by Gasteiger charge is 2.04. The van der Waals surface area contributed by atoms with E-state index >= 15 is 0 Å². The van der Waals surface area contributed by atoms with E-state index in [9.17, 15) is 0 Å². The first-order valence-corrected chi connectivity index (χ1v) is 7.75. The van der Waals surface area contributed by atoms with Gasteiger partial charge in [0.15, 0.2) is 0 Å². The Kier molecular flexibility index (Phi) is 3.86. The van der Waals surface area contributed by atoms with Crippen molar-refractivity contribution in [2.45, 2.75) is 6.61 Å². The molecule has 0 unspecified atom stereocenters. The molecular weight excluding hydrogens is 300 g/mol. The van der Waals surface area contributed by atoms with Crippen LogP contribution in [0.4, 0.5) is 0 Å². The minimum absolute atomic E-state index is 0.549. The zero-order valence-corrected chi connectivity index (χ0v) is 13.0. The number of hydrogen-bond donors (Lipinski definition) is 0. The molecule has 0 aliphatic rings. The molecule has 2 heterocycles. The zero-order valence-electron chi connectivity index (χ0n) is 13.0. The first-order valence-electron chi connectivity index (χ1n) is 7.75. The summed E-state index contributed by atoms with van der Waals surface area (Å²) in [6.07, 6.45) is 3.80. The third kappa shape index (κ3) is 3.22. The van der Waals surface area contributed by atoms with Gasteiger partial charge in [-0.05, 0) is 42.0 Å². The second-order valence-electron chi connectivity index (χ2n) is 5.39. The van der Waals surface area contributed by atoms with Gasteiger partial charge in [0.05, 0.1) is 6.20 Å². The molecule has 0 bridgehead atoms. The molecule has 0 saturated heterocycles. The molecule has 4 aromatic rings. The van der Waals surface area contributed by atoms with Crippen LogP contribution in [0.15, 0.2) is 85.2 Å². The average Bonchev–Trinajstić information content (AvgIpc) is 3.04. The van der Waals surface area contributed by atoms with Gasteiger partial charge in [-0.3, -0.25) is 0 Å². The van der Waals surface area contributed by atoms with Gasteiger partial charge < -0.3 is 13.9 Å². The zero-order chi connectivity index (χ0) is 16.2. The SMILES string of the molecule is c1ccc(COc2ccc(Oc3cn4ccccc4n3)cc2)cc1. The van der Waals surface area contributed by atoms with Crippen molar-refractivity contribution < 1.29 is 9.47 Å². The number of pyridine rings is 1. The Labute approximate surface area is 139 Å². The van der Waals surface area contributed by atoms with Crippen molar-refractivity contribution in [3.8, 4) is 17.4 Å². The van der Waals surface area contributed by atoms with Crippen molar-refractivity contribution in [1.29, 1.82) is 0 Å². The quantitative estimate of drug-likeness (QED) is 0.535. The molecule has 0 atom stereocenters. The summed E-state index contributed by atoms with van der Waals surface area (Å²) in [5.41, 5.74) is 2.00. The van der Waals surface area contributed by atoms with E-state index in [1.165, 1.54) is 0 Å². The Morgan fingerprint density at radius 1 is 0.792 bits per heavy atom. The summed E-state index contributed by atoms with van der Waals surface area (Å²) in [6, 6.07) is 23.5. The maximum absolute atomic E-state index is 5.79. The molecule has 0 aliphatic heterocycles. The lowest BCUT2D eigenvalue weighted by atomic mass is 10.2. The minimum atomic E-state index is 0.549. The fourth-order valence-electron chi connectivity index (χ4n) is 2.43. The highest BCUT2D eigenvalue weighted by atomic mass is 16.5. The van der Waals surface area contributed by atoms with Crippen molar-refractivity contribution in [1.82, 2.24) is 9.38 Å². The monoisotopic (exact) mass is 316 g/mol. The van der Waals surface area contributed by atoms with Gasteiger partial charge in [0.2, 0.25) is 5.88 Å². The van der Waals surface area contributed by atoms with Gasteiger partial charge in [-0.25, -0.2) is 0 Å². The van der Waals surface area contributed by atoms with E-state index in [4.69, 9.17) is 9.47 Å². The number of ether oxygens (including phenoxy) is 2. The highest BCUT2D eigenvalue weighted by Crippen LogP contribution is 2.24. The number of hydrogen-bond acceptors (Lipinski definition) is 3. The van der Waals surface area contributed by atoms with Crippen molar-refractivity contribution >= 4 is 5.65 Å². The van der Waals surface area contributed by atoms with Gasteiger partial charge in [-0.1, -0.05) is 36.4 Å². The first-order chi connectivity index (χ1) is 11.9. The van der Waals surface area contributed by atoms with Crippen molar-refractivity contribution in [3.63, 3.8) is 0 Å². The third-order valence-electron chi connectivity index (χ3n) is 3.64. The predicted octanol–water partition coefficient (Wildman–Crippen LogP) is 4.71. The Morgan fingerprint density at radius 3 is 2.33 bits per heavy atom. The lowest BCUT2D eigenvalue weighted by Gasteiger charge is -2.07. The van der Waals surface area contributed by atoms with Crippen molar-refractivity contribution in [2.24, 2.45) is 0 Å². The molecule has 4 nitrogen and oxygen atoms in total. The van der Waals surface area contributed by atoms with Crippen molar-refractivity contribution in [3.05, 3.63) is 90.8 Å². The number of nitrogens with zero attached hydrogens (tertiary/aromatic N) is 2. The Balaban J connectivity index is 1.41. The van der Waals surface area contributed by atoms with E-state index < -0.39 is 0 Å². The van der Waals surface area contributed by atoms with Crippen LogP contribution < -0.4 is 9.47 Å². The van der Waals surface area contributed by atoms with E-state index in [1.807, 2.05) is 89.6 Å². The van der Waals surface area contributed by atoms with Crippen LogP contribution >= 0.6 is 0 Å². The van der Waals surface area contributed by atoms with Gasteiger partial charge in [-0.15, -0.1) is 0 Å². The molecule has 0 amide bonds. The summed E-state index contributed by atoms with van der Waals surface area (Å²) < 4.78 is 13.5. The van der Waals surface area contributed by atoms with E-state index in [-0.39, 0.29) is 0 Å². The maximum Gasteiger partial charge on any atom is 0.238 e. The van der Waals surface area contributed by atoms with E-state index in [1.54, 1.807) is 0 Å². The fourth-order valence-corrected chi connectivity index (χ4v) is 2.43. The van der Waals surface area contributed by atoms with Gasteiger partial charge in [-0.2, -0.15) is 4.98 Å². The molecule has 2 aromatic heterocycles. The molecular formula is C20H16N2O2. The summed E-state index contributed by atoms with van der Waals surface area (Å²) in [5.74, 6) is 2.10. The summed E-state index contributed by atoms with van der Waals surface area (Å²) >= 11 is 0. The third-order valence-corrected chi connectivity index (χ3v) is 3.64. The summed E-state index contributed by atoms with van der Waals surface area (Å²) in [4.78, 5) is 4.42. The molecule has 4 heteroatoms. The number of rotatable bonds is 5. The van der Waals surface area contributed by atoms with Crippen molar-refractivity contribution in [2.75, 3.05) is 0 Å². The van der Waals surface area contributed by atoms with E-state index in [0.29, 0.717) is 12.5 Å². The number of fused-ring (bicyclic) bond motifs is 1. The van der Waals surface area contributed by atoms with Crippen LogP contribution in [-0.4, -0.2) is 9.38 Å². The lowest BCUT2D eigenvalue weighted by Crippen LogP contribution is -1.94. The van der Waals surface area contributed by atoms with Gasteiger partial charge >= 0.3 is 0 Å². The Morgan fingerprint density at radius 2 is 1.54 bits per heavy atom. The van der Waals surface area contributed by atoms with Gasteiger partial charge in [0, 0.05) is 6.20 Å². The van der Waals surface area contributed by atoms with Gasteiger partial charge in [0.25, 0.3) is 0 Å². The topological polar surface area (TPSA) is 35.8 Å². The molecule has 4 rings (SSSR count). The molecule has 0 radical (unpaired) electrons. The molecule has 0 N–H and O–H groups in total. The van der Waals surface area contributed by atoms with Gasteiger partial charge in [0.1, 0.15) is 23.8 Å². The van der Waals surface area contributed by atoms with E-state index in [2.05, 4.69) is 4.98 Å². The number of aromatic nitrogens is 2. The van der Waals surface area contributed by atoms with Crippen LogP contribution in [0.25, 0.3) is 5.65 Å². The molecule has 118 valence electrons.